The highest BCUT2D eigenvalue weighted by Gasteiger charge is 2.10. The van der Waals surface area contributed by atoms with Gasteiger partial charge in [0.1, 0.15) is 4.99 Å². The highest BCUT2D eigenvalue weighted by atomic mass is 32.1. The van der Waals surface area contributed by atoms with Gasteiger partial charge < -0.3 is 10.6 Å². The summed E-state index contributed by atoms with van der Waals surface area (Å²) >= 11 is 5.04. The summed E-state index contributed by atoms with van der Waals surface area (Å²) in [6.45, 7) is 0. The van der Waals surface area contributed by atoms with E-state index < -0.39 is 0 Å². The topological polar surface area (TPSA) is 55.0 Å². The highest BCUT2D eigenvalue weighted by molar-refractivity contribution is 7.80. The fraction of sp³-hybridized carbons (Fsp3) is 0.0625. The maximum Gasteiger partial charge on any atom is 0.104 e. The first-order chi connectivity index (χ1) is 10.2. The first-order valence-electron chi connectivity index (χ1n) is 6.51. The van der Waals surface area contributed by atoms with Crippen molar-refractivity contribution in [3.8, 4) is 0 Å². The maximum absolute atomic E-state index is 5.70. The van der Waals surface area contributed by atoms with E-state index in [-0.39, 0.29) is 0 Å². The molecule has 0 bridgehead atoms. The van der Waals surface area contributed by atoms with E-state index in [9.17, 15) is 0 Å². The molecule has 2 aromatic carbocycles. The van der Waals surface area contributed by atoms with Crippen molar-refractivity contribution in [1.29, 1.82) is 0 Å². The molecule has 104 valence electrons. The molecule has 0 amide bonds. The van der Waals surface area contributed by atoms with Crippen LogP contribution in [0.25, 0.3) is 10.9 Å². The molecule has 0 atom stereocenters. The Hall–Kier alpha value is -2.53. The number of anilines is 2. The Morgan fingerprint density at radius 2 is 1.95 bits per heavy atom. The minimum Gasteiger partial charge on any atom is -0.389 e. The van der Waals surface area contributed by atoms with Crippen LogP contribution in [0.3, 0.4) is 0 Å². The number of aromatic nitrogens is 2. The molecule has 0 aliphatic heterocycles. The normalized spacial score (nSPS) is 10.5. The van der Waals surface area contributed by atoms with Crippen molar-refractivity contribution in [2.24, 2.45) is 5.73 Å². The standard InChI is InChI=1S/C16H14N4S/c1-20(12-6-4-5-11(9-12)16(17)21)15-10-18-19-14-8-3-2-7-13(14)15/h2-10H,1H3,(H2,17,21). The molecule has 1 aromatic heterocycles. The van der Waals surface area contributed by atoms with Gasteiger partial charge in [0.25, 0.3) is 0 Å². The molecule has 3 rings (SSSR count). The van der Waals surface area contributed by atoms with Crippen LogP contribution in [0, 0.1) is 0 Å². The molecular weight excluding hydrogens is 280 g/mol. The van der Waals surface area contributed by atoms with Crippen LogP contribution in [0.5, 0.6) is 0 Å². The van der Waals surface area contributed by atoms with Crippen molar-refractivity contribution in [2.75, 3.05) is 11.9 Å². The molecule has 0 spiro atoms. The van der Waals surface area contributed by atoms with Crippen molar-refractivity contribution in [1.82, 2.24) is 10.2 Å². The summed E-state index contributed by atoms with van der Waals surface area (Å²) in [5.74, 6) is 0. The van der Waals surface area contributed by atoms with E-state index in [1.54, 1.807) is 6.20 Å². The Labute approximate surface area is 128 Å². The van der Waals surface area contributed by atoms with Crippen molar-refractivity contribution < 1.29 is 0 Å². The van der Waals surface area contributed by atoms with Crippen LogP contribution < -0.4 is 10.6 Å². The van der Waals surface area contributed by atoms with Gasteiger partial charge in [-0.3, -0.25) is 0 Å². The molecule has 0 saturated carbocycles. The summed E-state index contributed by atoms with van der Waals surface area (Å²) in [5.41, 5.74) is 9.40. The molecule has 5 heteroatoms. The Bertz CT molecular complexity index is 811. The van der Waals surface area contributed by atoms with Gasteiger partial charge in [-0.1, -0.05) is 42.5 Å². The molecule has 0 radical (unpaired) electrons. The van der Waals surface area contributed by atoms with Gasteiger partial charge >= 0.3 is 0 Å². The van der Waals surface area contributed by atoms with Gasteiger partial charge in [-0.15, -0.1) is 0 Å². The molecule has 0 aliphatic rings. The lowest BCUT2D eigenvalue weighted by Crippen LogP contribution is -2.13. The second kappa shape index (κ2) is 5.46. The zero-order valence-corrected chi connectivity index (χ0v) is 12.3. The van der Waals surface area contributed by atoms with E-state index >= 15 is 0 Å². The smallest absolute Gasteiger partial charge is 0.104 e. The molecule has 3 aromatic rings. The first kappa shape index (κ1) is 13.5. The molecule has 21 heavy (non-hydrogen) atoms. The summed E-state index contributed by atoms with van der Waals surface area (Å²) in [6, 6.07) is 15.8. The van der Waals surface area contributed by atoms with E-state index in [1.807, 2.05) is 55.6 Å². The third kappa shape index (κ3) is 2.55. The second-order valence-corrected chi connectivity index (χ2v) is 5.16. The molecule has 2 N–H and O–H groups in total. The molecule has 1 heterocycles. The SMILES string of the molecule is CN(c1cccc(C(N)=S)c1)c1cnnc2ccccc12. The minimum absolute atomic E-state index is 0.392. The Morgan fingerprint density at radius 1 is 1.14 bits per heavy atom. The van der Waals surface area contributed by atoms with Crippen molar-refractivity contribution in [3.05, 3.63) is 60.3 Å². The Kier molecular flexibility index (Phi) is 3.50. The quantitative estimate of drug-likeness (QED) is 0.752. The van der Waals surface area contributed by atoms with Crippen molar-refractivity contribution in [3.63, 3.8) is 0 Å². The van der Waals surface area contributed by atoms with E-state index in [0.717, 1.165) is 27.8 Å². The Balaban J connectivity index is 2.10. The number of nitrogens with zero attached hydrogens (tertiary/aromatic N) is 3. The van der Waals surface area contributed by atoms with E-state index in [2.05, 4.69) is 15.1 Å². The van der Waals surface area contributed by atoms with Gasteiger partial charge in [-0.2, -0.15) is 10.2 Å². The van der Waals surface area contributed by atoms with E-state index in [0.29, 0.717) is 4.99 Å². The van der Waals surface area contributed by atoms with E-state index in [4.69, 9.17) is 18.0 Å². The number of fused-ring (bicyclic) bond motifs is 1. The molecule has 0 fully saturated rings. The number of nitrogens with two attached hydrogens (primary N) is 1. The fourth-order valence-corrected chi connectivity index (χ4v) is 2.39. The summed E-state index contributed by atoms with van der Waals surface area (Å²) in [6.07, 6.45) is 1.76. The summed E-state index contributed by atoms with van der Waals surface area (Å²) in [7, 11) is 1.99. The van der Waals surface area contributed by atoms with Crippen LogP contribution in [0.4, 0.5) is 11.4 Å². The number of thiocarbonyl (C=S) groups is 1. The van der Waals surface area contributed by atoms with E-state index in [1.165, 1.54) is 0 Å². The summed E-state index contributed by atoms with van der Waals surface area (Å²) in [4.78, 5) is 2.45. The minimum atomic E-state index is 0.392. The highest BCUT2D eigenvalue weighted by Crippen LogP contribution is 2.29. The predicted octanol–water partition coefficient (Wildman–Crippen LogP) is 3.03. The zero-order valence-electron chi connectivity index (χ0n) is 11.5. The lowest BCUT2D eigenvalue weighted by atomic mass is 10.1. The maximum atomic E-state index is 5.70. The second-order valence-electron chi connectivity index (χ2n) is 4.72. The van der Waals surface area contributed by atoms with Gasteiger partial charge in [0.15, 0.2) is 0 Å². The third-order valence-electron chi connectivity index (χ3n) is 3.40. The average Bonchev–Trinajstić information content (AvgIpc) is 2.53. The summed E-state index contributed by atoms with van der Waals surface area (Å²) in [5, 5.41) is 9.27. The zero-order chi connectivity index (χ0) is 14.8. The first-order valence-corrected chi connectivity index (χ1v) is 6.91. The van der Waals surface area contributed by atoms with Gasteiger partial charge in [0.05, 0.1) is 17.4 Å². The van der Waals surface area contributed by atoms with Crippen LogP contribution in [0.2, 0.25) is 0 Å². The molecular formula is C16H14N4S. The number of hydrogen-bond donors (Lipinski definition) is 1. The van der Waals surface area contributed by atoms with Crippen LogP contribution in [-0.4, -0.2) is 22.2 Å². The third-order valence-corrected chi connectivity index (χ3v) is 3.64. The van der Waals surface area contributed by atoms with Crippen molar-refractivity contribution >= 4 is 39.5 Å². The molecule has 4 nitrogen and oxygen atoms in total. The Morgan fingerprint density at radius 3 is 2.76 bits per heavy atom. The fourth-order valence-electron chi connectivity index (χ4n) is 2.27. The lowest BCUT2D eigenvalue weighted by Gasteiger charge is -2.21. The van der Waals surface area contributed by atoms with Gasteiger partial charge in [-0.25, -0.2) is 0 Å². The number of hydrogen-bond acceptors (Lipinski definition) is 4. The van der Waals surface area contributed by atoms with Crippen LogP contribution in [-0.2, 0) is 0 Å². The average molecular weight is 294 g/mol. The molecule has 0 unspecified atom stereocenters. The summed E-state index contributed by atoms with van der Waals surface area (Å²) < 4.78 is 0. The molecule has 0 aliphatic carbocycles. The number of rotatable bonds is 3. The van der Waals surface area contributed by atoms with Gasteiger partial charge in [-0.05, 0) is 18.2 Å². The van der Waals surface area contributed by atoms with Crippen LogP contribution >= 0.6 is 12.2 Å². The molecule has 0 saturated heterocycles. The van der Waals surface area contributed by atoms with Crippen LogP contribution in [0.15, 0.2) is 54.7 Å². The monoisotopic (exact) mass is 294 g/mol. The lowest BCUT2D eigenvalue weighted by molar-refractivity contribution is 1.06. The largest absolute Gasteiger partial charge is 0.389 e. The van der Waals surface area contributed by atoms with Gasteiger partial charge in [0.2, 0.25) is 0 Å². The predicted molar refractivity (Wildman–Crippen MR) is 89.9 cm³/mol. The van der Waals surface area contributed by atoms with Gasteiger partial charge in [0, 0.05) is 23.7 Å². The van der Waals surface area contributed by atoms with Crippen LogP contribution in [0.1, 0.15) is 5.56 Å². The van der Waals surface area contributed by atoms with Crippen molar-refractivity contribution in [2.45, 2.75) is 0 Å². The number of benzene rings is 2.